The molecule has 3 unspecified atom stereocenters. The zero-order valence-electron chi connectivity index (χ0n) is 22.9. The van der Waals surface area contributed by atoms with Crippen molar-refractivity contribution in [3.05, 3.63) is 35.0 Å². The van der Waals surface area contributed by atoms with Gasteiger partial charge in [-0.15, -0.1) is 0 Å². The Labute approximate surface area is 231 Å². The summed E-state index contributed by atoms with van der Waals surface area (Å²) >= 11 is 0. The van der Waals surface area contributed by atoms with E-state index in [0.29, 0.717) is 23.2 Å². The second-order valence-corrected chi connectivity index (χ2v) is 11.7. The van der Waals surface area contributed by atoms with Gasteiger partial charge in [-0.05, 0) is 67.6 Å². The number of ketones is 1. The van der Waals surface area contributed by atoms with Crippen LogP contribution in [0, 0.1) is 17.3 Å². The lowest BCUT2D eigenvalue weighted by Crippen LogP contribution is -2.37. The van der Waals surface area contributed by atoms with Crippen LogP contribution in [0.4, 0.5) is 24.5 Å². The number of halogens is 3. The molecule has 3 aliphatic carbocycles. The first-order chi connectivity index (χ1) is 18.7. The van der Waals surface area contributed by atoms with Crippen LogP contribution < -0.4 is 22.1 Å². The Morgan fingerprint density at radius 2 is 1.77 bits per heavy atom. The van der Waals surface area contributed by atoms with Gasteiger partial charge in [0.15, 0.2) is 11.5 Å². The number of alkyl halides is 3. The Balaban J connectivity index is 1.57. The highest BCUT2D eigenvalue weighted by Crippen LogP contribution is 2.46. The number of primary amides is 1. The predicted molar refractivity (Wildman–Crippen MR) is 145 cm³/mol. The Morgan fingerprint density at radius 3 is 2.33 bits per heavy atom. The van der Waals surface area contributed by atoms with Gasteiger partial charge >= 0.3 is 12.1 Å². The molecule has 0 bridgehead atoms. The van der Waals surface area contributed by atoms with Crippen molar-refractivity contribution in [2.75, 3.05) is 24.2 Å². The number of esters is 1. The van der Waals surface area contributed by atoms with E-state index in [0.717, 1.165) is 32.7 Å². The maximum atomic E-state index is 13.8. The van der Waals surface area contributed by atoms with E-state index >= 15 is 0 Å². The number of hydrogen-bond donors (Lipinski definition) is 4. The molecule has 0 aromatic heterocycles. The minimum Gasteiger partial charge on any atom is -0.461 e. The Bertz CT molecular complexity index is 1240. The van der Waals surface area contributed by atoms with E-state index in [1.54, 1.807) is 12.1 Å². The quantitative estimate of drug-likeness (QED) is 0.276. The average molecular weight is 564 g/mol. The number of nitrogens with two attached hydrogens (primary N) is 2. The third kappa shape index (κ3) is 6.48. The average Bonchev–Trinajstić information content (AvgIpc) is 3.37. The lowest BCUT2D eigenvalue weighted by atomic mass is 9.74. The van der Waals surface area contributed by atoms with Crippen LogP contribution in [-0.2, 0) is 14.3 Å². The molecule has 218 valence electrons. The van der Waals surface area contributed by atoms with Crippen molar-refractivity contribution < 1.29 is 32.3 Å². The lowest BCUT2D eigenvalue weighted by Gasteiger charge is -2.33. The van der Waals surface area contributed by atoms with Gasteiger partial charge in [0.05, 0.1) is 17.7 Å². The molecule has 6 N–H and O–H groups in total. The number of Topliss-reactive ketones (excluding diaryl/α,β-unsaturated/α-hetero) is 1. The van der Waals surface area contributed by atoms with Gasteiger partial charge in [-0.3, -0.25) is 19.4 Å². The molecule has 0 saturated heterocycles. The summed E-state index contributed by atoms with van der Waals surface area (Å²) < 4.78 is 46.7. The van der Waals surface area contributed by atoms with E-state index in [1.807, 2.05) is 13.8 Å². The fourth-order valence-electron chi connectivity index (χ4n) is 6.44. The molecule has 2 saturated carbocycles. The minimum atomic E-state index is -4.79. The topological polar surface area (TPSA) is 149 Å². The highest BCUT2D eigenvalue weighted by Gasteiger charge is 2.45. The molecule has 4 rings (SSSR count). The van der Waals surface area contributed by atoms with Crippen LogP contribution in [0.15, 0.2) is 34.5 Å². The van der Waals surface area contributed by atoms with Gasteiger partial charge in [0.25, 0.3) is 5.91 Å². The number of aliphatic imine (C=N–C) groups is 1. The van der Waals surface area contributed by atoms with E-state index in [1.165, 1.54) is 6.07 Å². The maximum absolute atomic E-state index is 13.8. The zero-order chi connectivity index (χ0) is 29.4. The van der Waals surface area contributed by atoms with Crippen molar-refractivity contribution in [1.82, 2.24) is 0 Å². The van der Waals surface area contributed by atoms with Crippen molar-refractivity contribution in [1.29, 1.82) is 0 Å². The zero-order valence-corrected chi connectivity index (χ0v) is 22.9. The molecule has 1 aromatic carbocycles. The highest BCUT2D eigenvalue weighted by molar-refractivity contribution is 6.25. The summed E-state index contributed by atoms with van der Waals surface area (Å²) in [7, 11) is 1.02. The van der Waals surface area contributed by atoms with Crippen molar-refractivity contribution >= 4 is 34.7 Å². The van der Waals surface area contributed by atoms with Gasteiger partial charge in [-0.1, -0.05) is 13.8 Å². The number of fused-ring (bicyclic) bond motifs is 1. The summed E-state index contributed by atoms with van der Waals surface area (Å²) in [6.45, 7) is 3.49. The van der Waals surface area contributed by atoms with Gasteiger partial charge < -0.3 is 26.8 Å². The molecule has 0 radical (unpaired) electrons. The second-order valence-electron chi connectivity index (χ2n) is 11.7. The highest BCUT2D eigenvalue weighted by atomic mass is 19.4. The number of carbonyl (C=O) groups is 3. The lowest BCUT2D eigenvalue weighted by molar-refractivity contribution is -0.147. The van der Waals surface area contributed by atoms with Crippen molar-refractivity contribution in [2.24, 2.45) is 33.7 Å². The summed E-state index contributed by atoms with van der Waals surface area (Å²) in [6.07, 6.45) is -1.66. The summed E-state index contributed by atoms with van der Waals surface area (Å²) in [5, 5.41) is 6.43. The number of carbonyl (C=O) groups excluding carboxylic acids is 3. The number of allylic oxidation sites excluding steroid dienone is 2. The molecule has 1 aromatic rings. The van der Waals surface area contributed by atoms with Crippen molar-refractivity contribution in [2.45, 2.75) is 70.7 Å². The SMILES string of the molecule is CN=C(C1=C(Nc2ccc(C(N)=O)c(NC3CC4CC(OC(=O)CN)C[C@@H]4C3)c2)CC(C)(C)CC1=O)C(F)(F)F. The molecular formula is C28H36F3N5O4. The molecule has 40 heavy (non-hydrogen) atoms. The Hall–Kier alpha value is -3.41. The number of nitrogens with one attached hydrogen (secondary N) is 2. The van der Waals surface area contributed by atoms with E-state index in [9.17, 15) is 27.6 Å². The summed E-state index contributed by atoms with van der Waals surface area (Å²) in [5.41, 5.74) is 9.99. The number of hydrogen-bond acceptors (Lipinski definition) is 8. The van der Waals surface area contributed by atoms with Crippen LogP contribution in [-0.4, -0.2) is 55.3 Å². The normalized spacial score (nSPS) is 26.5. The van der Waals surface area contributed by atoms with Crippen molar-refractivity contribution in [3.63, 3.8) is 0 Å². The second kappa shape index (κ2) is 11.2. The molecule has 12 heteroatoms. The molecular weight excluding hydrogens is 527 g/mol. The van der Waals surface area contributed by atoms with Crippen LogP contribution in [0.1, 0.15) is 62.7 Å². The molecule has 0 heterocycles. The van der Waals surface area contributed by atoms with Crippen LogP contribution in [0.3, 0.4) is 0 Å². The number of benzene rings is 1. The summed E-state index contributed by atoms with van der Waals surface area (Å²) in [4.78, 5) is 40.1. The van der Waals surface area contributed by atoms with Crippen LogP contribution in [0.2, 0.25) is 0 Å². The van der Waals surface area contributed by atoms with Crippen molar-refractivity contribution in [3.8, 4) is 0 Å². The van der Waals surface area contributed by atoms with Gasteiger partial charge in [0, 0.05) is 36.6 Å². The summed E-state index contributed by atoms with van der Waals surface area (Å²) in [5.74, 6) is -0.986. The smallest absolute Gasteiger partial charge is 0.433 e. The van der Waals surface area contributed by atoms with E-state index in [-0.39, 0.29) is 42.8 Å². The molecule has 3 aliphatic rings. The molecule has 0 aliphatic heterocycles. The number of anilines is 2. The predicted octanol–water partition coefficient (Wildman–Crippen LogP) is 3.94. The first kappa shape index (κ1) is 29.6. The van der Waals surface area contributed by atoms with E-state index < -0.39 is 40.5 Å². The molecule has 0 spiro atoms. The maximum Gasteiger partial charge on any atom is 0.433 e. The van der Waals surface area contributed by atoms with Crippen LogP contribution in [0.5, 0.6) is 0 Å². The van der Waals surface area contributed by atoms with Crippen LogP contribution >= 0.6 is 0 Å². The summed E-state index contributed by atoms with van der Waals surface area (Å²) in [6, 6.07) is 4.73. The number of ether oxygens (including phenoxy) is 1. The third-order valence-electron chi connectivity index (χ3n) is 7.98. The first-order valence-corrected chi connectivity index (χ1v) is 13.4. The van der Waals surface area contributed by atoms with Crippen LogP contribution in [0.25, 0.3) is 0 Å². The van der Waals surface area contributed by atoms with Gasteiger partial charge in [-0.25, -0.2) is 0 Å². The Kier molecular flexibility index (Phi) is 8.30. The molecule has 9 nitrogen and oxygen atoms in total. The third-order valence-corrected chi connectivity index (χ3v) is 7.98. The van der Waals surface area contributed by atoms with E-state index in [2.05, 4.69) is 15.6 Å². The van der Waals surface area contributed by atoms with Gasteiger partial charge in [0.1, 0.15) is 6.10 Å². The number of rotatable bonds is 8. The molecule has 2 fully saturated rings. The monoisotopic (exact) mass is 563 g/mol. The fraction of sp³-hybridized carbons (Fsp3) is 0.571. The largest absolute Gasteiger partial charge is 0.461 e. The number of amides is 1. The minimum absolute atomic E-state index is 0.0311. The molecule has 4 atom stereocenters. The number of nitrogens with zero attached hydrogens (tertiary/aromatic N) is 1. The standard InChI is InChI=1S/C28H36F3N5O4/c1-27(2)11-21(24(22(37)12-27)25(34-3)28(29,30)31)35-16-4-5-19(26(33)39)20(10-16)36-17-6-14-8-18(9-15(14)7-17)40-23(38)13-32/h4-5,10,14-15,17-18,35-36H,6-9,11-13,32H2,1-3H3,(H2,33,39)/t14-,15?,17?,18?/m0/s1. The Morgan fingerprint density at radius 1 is 1.12 bits per heavy atom. The van der Waals surface area contributed by atoms with Gasteiger partial charge in [-0.2, -0.15) is 13.2 Å². The van der Waals surface area contributed by atoms with Gasteiger partial charge in [0.2, 0.25) is 0 Å². The molecule has 1 amide bonds. The van der Waals surface area contributed by atoms with E-state index in [4.69, 9.17) is 16.2 Å². The fourth-order valence-corrected chi connectivity index (χ4v) is 6.44. The first-order valence-electron chi connectivity index (χ1n) is 13.4.